The highest BCUT2D eigenvalue weighted by Crippen LogP contribution is 2.39. The fourth-order valence-electron chi connectivity index (χ4n) is 2.42. The summed E-state index contributed by atoms with van der Waals surface area (Å²) in [5.41, 5.74) is 7.57. The van der Waals surface area contributed by atoms with E-state index in [2.05, 4.69) is 5.32 Å². The second-order valence-corrected chi connectivity index (χ2v) is 5.57. The first-order valence-electron chi connectivity index (χ1n) is 8.03. The summed E-state index contributed by atoms with van der Waals surface area (Å²) >= 11 is 0. The molecule has 2 aromatic rings. The van der Waals surface area contributed by atoms with Crippen LogP contribution in [0.1, 0.15) is 15.9 Å². The van der Waals surface area contributed by atoms with Crippen molar-refractivity contribution >= 4 is 23.3 Å². The number of amides is 1. The molecule has 0 aromatic heterocycles. The maximum atomic E-state index is 12.1. The Kier molecular flexibility index (Phi) is 6.48. The fourth-order valence-corrected chi connectivity index (χ4v) is 2.42. The number of esters is 1. The lowest BCUT2D eigenvalue weighted by molar-refractivity contribution is -0.119. The minimum Gasteiger partial charge on any atom is -0.493 e. The third kappa shape index (κ3) is 4.60. The Morgan fingerprint density at radius 2 is 1.67 bits per heavy atom. The second-order valence-electron chi connectivity index (χ2n) is 5.57. The summed E-state index contributed by atoms with van der Waals surface area (Å²) in [4.78, 5) is 24.2. The molecular formula is C19H22N2O6. The van der Waals surface area contributed by atoms with Gasteiger partial charge in [-0.1, -0.05) is 12.1 Å². The summed E-state index contributed by atoms with van der Waals surface area (Å²) in [6, 6.07) is 8.16. The molecule has 0 heterocycles. The molecule has 2 aromatic carbocycles. The van der Waals surface area contributed by atoms with Crippen LogP contribution >= 0.6 is 0 Å². The number of ether oxygens (including phenoxy) is 4. The molecule has 0 spiro atoms. The van der Waals surface area contributed by atoms with Crippen molar-refractivity contribution in [2.75, 3.05) is 39.0 Å². The number of nitrogens with one attached hydrogen (secondary N) is 1. The van der Waals surface area contributed by atoms with Crippen molar-refractivity contribution in [2.45, 2.75) is 6.92 Å². The van der Waals surface area contributed by atoms with Crippen LogP contribution in [0.2, 0.25) is 0 Å². The van der Waals surface area contributed by atoms with E-state index in [1.165, 1.54) is 21.3 Å². The molecule has 144 valence electrons. The Morgan fingerprint density at radius 1 is 1.04 bits per heavy atom. The van der Waals surface area contributed by atoms with E-state index in [9.17, 15) is 9.59 Å². The van der Waals surface area contributed by atoms with E-state index in [0.29, 0.717) is 28.6 Å². The number of anilines is 2. The molecule has 0 aliphatic carbocycles. The van der Waals surface area contributed by atoms with Gasteiger partial charge in [0.05, 0.1) is 26.9 Å². The third-order valence-electron chi connectivity index (χ3n) is 3.83. The van der Waals surface area contributed by atoms with Crippen LogP contribution in [0.15, 0.2) is 30.3 Å². The maximum Gasteiger partial charge on any atom is 0.340 e. The van der Waals surface area contributed by atoms with Gasteiger partial charge in [-0.3, -0.25) is 4.79 Å². The average Bonchev–Trinajstić information content (AvgIpc) is 2.67. The first-order valence-corrected chi connectivity index (χ1v) is 8.03. The molecule has 8 nitrogen and oxygen atoms in total. The molecular weight excluding hydrogens is 352 g/mol. The van der Waals surface area contributed by atoms with Crippen LogP contribution in [-0.4, -0.2) is 39.8 Å². The highest BCUT2D eigenvalue weighted by molar-refractivity contribution is 5.98. The Morgan fingerprint density at radius 3 is 2.22 bits per heavy atom. The lowest BCUT2D eigenvalue weighted by Gasteiger charge is -2.14. The van der Waals surface area contributed by atoms with E-state index < -0.39 is 18.5 Å². The number of hydrogen-bond donors (Lipinski definition) is 2. The summed E-state index contributed by atoms with van der Waals surface area (Å²) in [7, 11) is 4.42. The zero-order valence-corrected chi connectivity index (χ0v) is 15.6. The number of hydrogen-bond acceptors (Lipinski definition) is 7. The van der Waals surface area contributed by atoms with E-state index in [1.807, 2.05) is 0 Å². The zero-order valence-electron chi connectivity index (χ0n) is 15.6. The van der Waals surface area contributed by atoms with E-state index in [1.54, 1.807) is 37.3 Å². The Labute approximate surface area is 157 Å². The smallest absolute Gasteiger partial charge is 0.340 e. The van der Waals surface area contributed by atoms with E-state index >= 15 is 0 Å². The van der Waals surface area contributed by atoms with Crippen LogP contribution in [0.5, 0.6) is 17.2 Å². The predicted octanol–water partition coefficient (Wildman–Crippen LogP) is 2.40. The topological polar surface area (TPSA) is 109 Å². The molecule has 1 amide bonds. The van der Waals surface area contributed by atoms with Crippen molar-refractivity contribution in [2.24, 2.45) is 0 Å². The predicted molar refractivity (Wildman–Crippen MR) is 101 cm³/mol. The molecule has 0 aliphatic heterocycles. The largest absolute Gasteiger partial charge is 0.493 e. The number of methoxy groups -OCH3 is 3. The average molecular weight is 374 g/mol. The minimum atomic E-state index is -0.670. The van der Waals surface area contributed by atoms with Crippen molar-refractivity contribution in [1.82, 2.24) is 0 Å². The number of nitrogens with two attached hydrogens (primary N) is 1. The number of para-hydroxylation sites is 1. The molecule has 3 N–H and O–H groups in total. The Hall–Kier alpha value is -3.42. The van der Waals surface area contributed by atoms with Crippen molar-refractivity contribution in [3.05, 3.63) is 41.5 Å². The van der Waals surface area contributed by atoms with Crippen molar-refractivity contribution in [3.8, 4) is 17.2 Å². The van der Waals surface area contributed by atoms with Crippen molar-refractivity contribution in [3.63, 3.8) is 0 Å². The standard InChI is InChI=1S/C19H22N2O6/c1-11-6-5-7-13(17(11)20)19(23)27-10-16(22)21-12-8-14(24-2)18(26-4)15(9-12)25-3/h5-9H,10,20H2,1-4H3,(H,21,22). The SMILES string of the molecule is COc1cc(NC(=O)COC(=O)c2cccc(C)c2N)cc(OC)c1OC. The summed E-state index contributed by atoms with van der Waals surface area (Å²) in [6.07, 6.45) is 0. The first kappa shape index (κ1) is 19.9. The molecule has 0 bridgehead atoms. The molecule has 0 atom stereocenters. The molecule has 8 heteroatoms. The normalized spacial score (nSPS) is 10.1. The quantitative estimate of drug-likeness (QED) is 0.566. The molecule has 0 aliphatic rings. The molecule has 0 fully saturated rings. The number of benzene rings is 2. The number of aryl methyl sites for hydroxylation is 1. The van der Waals surface area contributed by atoms with Crippen LogP contribution in [0.25, 0.3) is 0 Å². The van der Waals surface area contributed by atoms with Crippen molar-refractivity contribution in [1.29, 1.82) is 0 Å². The molecule has 0 radical (unpaired) electrons. The Bertz CT molecular complexity index is 825. The summed E-state index contributed by atoms with van der Waals surface area (Å²) in [6.45, 7) is 1.31. The van der Waals surface area contributed by atoms with Gasteiger partial charge in [-0.2, -0.15) is 0 Å². The van der Waals surface area contributed by atoms with Gasteiger partial charge in [-0.25, -0.2) is 4.79 Å². The molecule has 2 rings (SSSR count). The van der Waals surface area contributed by atoms with Gasteiger partial charge in [0.1, 0.15) is 0 Å². The minimum absolute atomic E-state index is 0.218. The highest BCUT2D eigenvalue weighted by atomic mass is 16.5. The van der Waals surface area contributed by atoms with Crippen LogP contribution in [0, 0.1) is 6.92 Å². The van der Waals surface area contributed by atoms with Gasteiger partial charge in [0, 0.05) is 23.5 Å². The Balaban J connectivity index is 2.05. The van der Waals surface area contributed by atoms with Gasteiger partial charge in [0.2, 0.25) is 5.75 Å². The second kappa shape index (κ2) is 8.79. The fraction of sp³-hybridized carbons (Fsp3) is 0.263. The molecule has 0 saturated heterocycles. The molecule has 27 heavy (non-hydrogen) atoms. The van der Waals surface area contributed by atoms with Crippen LogP contribution in [-0.2, 0) is 9.53 Å². The van der Waals surface area contributed by atoms with Gasteiger partial charge < -0.3 is 30.0 Å². The number of nitrogen functional groups attached to an aromatic ring is 1. The van der Waals surface area contributed by atoms with E-state index in [-0.39, 0.29) is 5.56 Å². The number of rotatable bonds is 7. The summed E-state index contributed by atoms with van der Waals surface area (Å²) in [5, 5.41) is 2.61. The summed E-state index contributed by atoms with van der Waals surface area (Å²) < 4.78 is 20.7. The molecule has 0 saturated carbocycles. The zero-order chi connectivity index (χ0) is 20.0. The van der Waals surface area contributed by atoms with Crippen LogP contribution in [0.3, 0.4) is 0 Å². The van der Waals surface area contributed by atoms with E-state index in [0.717, 1.165) is 5.56 Å². The van der Waals surface area contributed by atoms with Crippen LogP contribution in [0.4, 0.5) is 11.4 Å². The maximum absolute atomic E-state index is 12.1. The van der Waals surface area contributed by atoms with Gasteiger partial charge >= 0.3 is 5.97 Å². The third-order valence-corrected chi connectivity index (χ3v) is 3.83. The summed E-state index contributed by atoms with van der Waals surface area (Å²) in [5.74, 6) is -0.0206. The van der Waals surface area contributed by atoms with Gasteiger partial charge in [-0.15, -0.1) is 0 Å². The number of carbonyl (C=O) groups is 2. The number of carbonyl (C=O) groups excluding carboxylic acids is 2. The lowest BCUT2D eigenvalue weighted by Crippen LogP contribution is -2.21. The first-order chi connectivity index (χ1) is 12.9. The van der Waals surface area contributed by atoms with Crippen LogP contribution < -0.4 is 25.3 Å². The van der Waals surface area contributed by atoms with Gasteiger partial charge in [0.15, 0.2) is 18.1 Å². The van der Waals surface area contributed by atoms with Gasteiger partial charge in [0.25, 0.3) is 5.91 Å². The van der Waals surface area contributed by atoms with Crippen molar-refractivity contribution < 1.29 is 28.5 Å². The lowest BCUT2D eigenvalue weighted by atomic mass is 10.1. The van der Waals surface area contributed by atoms with E-state index in [4.69, 9.17) is 24.7 Å². The van der Waals surface area contributed by atoms with Gasteiger partial charge in [-0.05, 0) is 18.6 Å². The highest BCUT2D eigenvalue weighted by Gasteiger charge is 2.17. The monoisotopic (exact) mass is 374 g/mol. The molecule has 0 unspecified atom stereocenters.